The first kappa shape index (κ1) is 13.0. The van der Waals surface area contributed by atoms with Crippen LogP contribution in [0.5, 0.6) is 0 Å². The molecule has 0 spiro atoms. The number of nitrogens with zero attached hydrogens (tertiary/aromatic N) is 1. The predicted molar refractivity (Wildman–Crippen MR) is 65.6 cm³/mol. The SMILES string of the molecule is CNCCc1cc2c(C(F)(F)F)cccc2n1C. The number of rotatable bonds is 3. The molecule has 98 valence electrons. The van der Waals surface area contributed by atoms with E-state index in [0.717, 1.165) is 18.3 Å². The Bertz CT molecular complexity index is 555. The molecule has 1 aromatic heterocycles. The number of hydrogen-bond acceptors (Lipinski definition) is 1. The highest BCUT2D eigenvalue weighted by Gasteiger charge is 2.33. The molecule has 2 rings (SSSR count). The normalized spacial score (nSPS) is 12.3. The van der Waals surface area contributed by atoms with Crippen LogP contribution in [0.15, 0.2) is 24.3 Å². The van der Waals surface area contributed by atoms with Gasteiger partial charge in [-0.3, -0.25) is 0 Å². The van der Waals surface area contributed by atoms with Gasteiger partial charge in [-0.1, -0.05) is 6.07 Å². The molecule has 0 atom stereocenters. The summed E-state index contributed by atoms with van der Waals surface area (Å²) >= 11 is 0. The smallest absolute Gasteiger partial charge is 0.348 e. The standard InChI is InChI=1S/C13H15F3N2/c1-17-7-6-9-8-10-11(13(14,15)16)4-3-5-12(10)18(9)2/h3-5,8,17H,6-7H2,1-2H3. The van der Waals surface area contributed by atoms with Crippen molar-refractivity contribution in [3.05, 3.63) is 35.5 Å². The Labute approximate surface area is 103 Å². The summed E-state index contributed by atoms with van der Waals surface area (Å²) in [5, 5.41) is 3.27. The van der Waals surface area contributed by atoms with Crippen molar-refractivity contribution in [1.29, 1.82) is 0 Å². The molecule has 1 aromatic carbocycles. The summed E-state index contributed by atoms with van der Waals surface area (Å²) in [5.74, 6) is 0. The van der Waals surface area contributed by atoms with Crippen molar-refractivity contribution < 1.29 is 13.2 Å². The van der Waals surface area contributed by atoms with E-state index in [1.54, 1.807) is 19.2 Å². The summed E-state index contributed by atoms with van der Waals surface area (Å²) in [6.45, 7) is 0.742. The van der Waals surface area contributed by atoms with Gasteiger partial charge in [-0.2, -0.15) is 13.2 Å². The molecule has 0 aliphatic carbocycles. The van der Waals surface area contributed by atoms with E-state index in [1.165, 1.54) is 6.07 Å². The Morgan fingerprint density at radius 2 is 2.00 bits per heavy atom. The van der Waals surface area contributed by atoms with E-state index in [0.29, 0.717) is 11.9 Å². The molecular formula is C13H15F3N2. The fraction of sp³-hybridized carbons (Fsp3) is 0.385. The van der Waals surface area contributed by atoms with Gasteiger partial charge in [-0.15, -0.1) is 0 Å². The molecule has 2 aromatic rings. The number of nitrogens with one attached hydrogen (secondary N) is 1. The fourth-order valence-electron chi connectivity index (χ4n) is 2.16. The first-order chi connectivity index (χ1) is 8.45. The molecule has 5 heteroatoms. The Hall–Kier alpha value is -1.49. The van der Waals surface area contributed by atoms with Crippen LogP contribution in [-0.4, -0.2) is 18.2 Å². The maximum atomic E-state index is 12.9. The molecule has 0 saturated heterocycles. The van der Waals surface area contributed by atoms with Gasteiger partial charge in [0.15, 0.2) is 0 Å². The molecule has 0 unspecified atom stereocenters. The van der Waals surface area contributed by atoms with Crippen molar-refractivity contribution in [2.75, 3.05) is 13.6 Å². The number of benzene rings is 1. The molecule has 0 saturated carbocycles. The second kappa shape index (κ2) is 4.65. The molecule has 0 bridgehead atoms. The van der Waals surface area contributed by atoms with Crippen LogP contribution in [0.3, 0.4) is 0 Å². The second-order valence-electron chi connectivity index (χ2n) is 4.28. The van der Waals surface area contributed by atoms with Crippen molar-refractivity contribution in [1.82, 2.24) is 9.88 Å². The molecule has 1 heterocycles. The van der Waals surface area contributed by atoms with Gasteiger partial charge in [0.25, 0.3) is 0 Å². The van der Waals surface area contributed by atoms with E-state index in [2.05, 4.69) is 5.32 Å². The van der Waals surface area contributed by atoms with E-state index >= 15 is 0 Å². The van der Waals surface area contributed by atoms with Gasteiger partial charge in [0.05, 0.1) is 5.56 Å². The maximum Gasteiger partial charge on any atom is 0.417 e. The number of aromatic nitrogens is 1. The van der Waals surface area contributed by atoms with Crippen molar-refractivity contribution in [2.24, 2.45) is 7.05 Å². The van der Waals surface area contributed by atoms with Crippen LogP contribution < -0.4 is 5.32 Å². The van der Waals surface area contributed by atoms with Gasteiger partial charge in [0, 0.05) is 36.6 Å². The lowest BCUT2D eigenvalue weighted by Crippen LogP contribution is -2.12. The lowest BCUT2D eigenvalue weighted by Gasteiger charge is -2.08. The third kappa shape index (κ3) is 2.22. The number of hydrogen-bond donors (Lipinski definition) is 1. The van der Waals surface area contributed by atoms with Crippen LogP contribution in [0.25, 0.3) is 10.9 Å². The number of alkyl halides is 3. The zero-order chi connectivity index (χ0) is 13.3. The molecule has 2 nitrogen and oxygen atoms in total. The number of halogens is 3. The van der Waals surface area contributed by atoms with Gasteiger partial charge in [-0.05, 0) is 25.2 Å². The largest absolute Gasteiger partial charge is 0.417 e. The lowest BCUT2D eigenvalue weighted by molar-refractivity contribution is -0.136. The molecule has 0 radical (unpaired) electrons. The number of aryl methyl sites for hydroxylation is 1. The highest BCUT2D eigenvalue weighted by Crippen LogP contribution is 2.35. The van der Waals surface area contributed by atoms with Crippen LogP contribution in [0.1, 0.15) is 11.3 Å². The van der Waals surface area contributed by atoms with Gasteiger partial charge in [-0.25, -0.2) is 0 Å². The summed E-state index contributed by atoms with van der Waals surface area (Å²) in [6.07, 6.45) is -3.60. The summed E-state index contributed by atoms with van der Waals surface area (Å²) in [4.78, 5) is 0. The first-order valence-corrected chi connectivity index (χ1v) is 5.74. The Morgan fingerprint density at radius 3 is 2.61 bits per heavy atom. The highest BCUT2D eigenvalue weighted by atomic mass is 19.4. The van der Waals surface area contributed by atoms with Crippen LogP contribution in [0, 0.1) is 0 Å². The van der Waals surface area contributed by atoms with Gasteiger partial charge in [0.2, 0.25) is 0 Å². The third-order valence-electron chi connectivity index (χ3n) is 3.12. The van der Waals surface area contributed by atoms with Gasteiger partial charge in [0.1, 0.15) is 0 Å². The second-order valence-corrected chi connectivity index (χ2v) is 4.28. The van der Waals surface area contributed by atoms with Crippen LogP contribution >= 0.6 is 0 Å². The summed E-state index contributed by atoms with van der Waals surface area (Å²) in [7, 11) is 3.62. The molecule has 18 heavy (non-hydrogen) atoms. The Morgan fingerprint density at radius 1 is 1.28 bits per heavy atom. The van der Waals surface area contributed by atoms with E-state index in [4.69, 9.17) is 0 Å². The molecule has 1 N–H and O–H groups in total. The monoisotopic (exact) mass is 256 g/mol. The minimum atomic E-state index is -4.30. The Kier molecular flexibility index (Phi) is 3.34. The van der Waals surface area contributed by atoms with Crippen LogP contribution in [0.4, 0.5) is 13.2 Å². The minimum absolute atomic E-state index is 0.276. The highest BCUT2D eigenvalue weighted by molar-refractivity contribution is 5.85. The van der Waals surface area contributed by atoms with Crippen LogP contribution in [-0.2, 0) is 19.6 Å². The quantitative estimate of drug-likeness (QED) is 0.893. The zero-order valence-corrected chi connectivity index (χ0v) is 10.3. The predicted octanol–water partition coefficient (Wildman–Crippen LogP) is 2.96. The number of fused-ring (bicyclic) bond motifs is 1. The van der Waals surface area contributed by atoms with E-state index < -0.39 is 11.7 Å². The lowest BCUT2D eigenvalue weighted by atomic mass is 10.1. The molecule has 0 aliphatic rings. The average molecular weight is 256 g/mol. The van der Waals surface area contributed by atoms with Crippen molar-refractivity contribution in [3.63, 3.8) is 0 Å². The summed E-state index contributed by atoms with van der Waals surface area (Å²) < 4.78 is 40.5. The minimum Gasteiger partial charge on any atom is -0.348 e. The van der Waals surface area contributed by atoms with Gasteiger partial charge < -0.3 is 9.88 Å². The van der Waals surface area contributed by atoms with Crippen molar-refractivity contribution in [2.45, 2.75) is 12.6 Å². The van der Waals surface area contributed by atoms with E-state index in [-0.39, 0.29) is 5.39 Å². The van der Waals surface area contributed by atoms with Gasteiger partial charge >= 0.3 is 6.18 Å². The van der Waals surface area contributed by atoms with Crippen LogP contribution in [0.2, 0.25) is 0 Å². The molecule has 0 aliphatic heterocycles. The average Bonchev–Trinajstić information content (AvgIpc) is 2.62. The molecule has 0 amide bonds. The summed E-state index contributed by atoms with van der Waals surface area (Å²) in [6, 6.07) is 5.93. The number of likely N-dealkylation sites (N-methyl/N-ethyl adjacent to an activating group) is 1. The summed E-state index contributed by atoms with van der Waals surface area (Å²) in [5.41, 5.74) is 0.957. The maximum absolute atomic E-state index is 12.9. The first-order valence-electron chi connectivity index (χ1n) is 5.74. The van der Waals surface area contributed by atoms with E-state index in [9.17, 15) is 13.2 Å². The topological polar surface area (TPSA) is 17.0 Å². The third-order valence-corrected chi connectivity index (χ3v) is 3.12. The Balaban J connectivity index is 2.57. The fourth-order valence-corrected chi connectivity index (χ4v) is 2.16. The van der Waals surface area contributed by atoms with Crippen molar-refractivity contribution in [3.8, 4) is 0 Å². The van der Waals surface area contributed by atoms with E-state index in [1.807, 2.05) is 11.6 Å². The molecular weight excluding hydrogens is 241 g/mol. The zero-order valence-electron chi connectivity index (χ0n) is 10.3. The molecule has 0 fully saturated rings. The van der Waals surface area contributed by atoms with Crippen molar-refractivity contribution >= 4 is 10.9 Å².